The van der Waals surface area contributed by atoms with E-state index in [9.17, 15) is 0 Å². The predicted octanol–water partition coefficient (Wildman–Crippen LogP) is 2.62. The highest BCUT2D eigenvalue weighted by Crippen LogP contribution is 2.51. The van der Waals surface area contributed by atoms with Crippen molar-refractivity contribution in [2.45, 2.75) is 63.5 Å². The maximum Gasteiger partial charge on any atom is 0.0668 e. The highest BCUT2D eigenvalue weighted by molar-refractivity contribution is 4.99. The van der Waals surface area contributed by atoms with Crippen molar-refractivity contribution in [3.63, 3.8) is 0 Å². The van der Waals surface area contributed by atoms with Gasteiger partial charge in [-0.1, -0.05) is 25.7 Å². The molecule has 3 saturated carbocycles. The standard InChI is InChI=1S/C14H26N2/c15-14(16)7-3-6-12-8-10-4-1-2-5-11(10)9-13(12)14/h10-13H,1-9,15-16H2. The van der Waals surface area contributed by atoms with Crippen molar-refractivity contribution in [2.75, 3.05) is 0 Å². The zero-order chi connectivity index (χ0) is 11.2. The summed E-state index contributed by atoms with van der Waals surface area (Å²) in [4.78, 5) is 0. The highest BCUT2D eigenvalue weighted by atomic mass is 15.0. The van der Waals surface area contributed by atoms with E-state index < -0.39 is 0 Å². The Bertz CT molecular complexity index is 261. The first kappa shape index (κ1) is 11.0. The summed E-state index contributed by atoms with van der Waals surface area (Å²) in [5.41, 5.74) is 12.3. The van der Waals surface area contributed by atoms with E-state index in [-0.39, 0.29) is 5.66 Å². The van der Waals surface area contributed by atoms with Crippen molar-refractivity contribution in [3.05, 3.63) is 0 Å². The zero-order valence-electron chi connectivity index (χ0n) is 10.3. The fourth-order valence-corrected chi connectivity index (χ4v) is 4.81. The molecule has 92 valence electrons. The largest absolute Gasteiger partial charge is 0.313 e. The van der Waals surface area contributed by atoms with Gasteiger partial charge >= 0.3 is 0 Å². The molecule has 3 rings (SSSR count). The van der Waals surface area contributed by atoms with Crippen LogP contribution in [0.2, 0.25) is 0 Å². The number of hydrogen-bond donors (Lipinski definition) is 2. The van der Waals surface area contributed by atoms with Crippen LogP contribution in [0.4, 0.5) is 0 Å². The van der Waals surface area contributed by atoms with E-state index in [1.807, 2.05) is 0 Å². The van der Waals surface area contributed by atoms with Crippen LogP contribution in [0, 0.1) is 23.7 Å². The van der Waals surface area contributed by atoms with Crippen molar-refractivity contribution in [1.29, 1.82) is 0 Å². The molecular weight excluding hydrogens is 196 g/mol. The Morgan fingerprint density at radius 2 is 1.38 bits per heavy atom. The Kier molecular flexibility index (Phi) is 2.75. The van der Waals surface area contributed by atoms with Crippen LogP contribution in [-0.4, -0.2) is 5.66 Å². The third kappa shape index (κ3) is 1.80. The van der Waals surface area contributed by atoms with E-state index in [2.05, 4.69) is 0 Å². The molecule has 0 aromatic carbocycles. The number of hydrogen-bond acceptors (Lipinski definition) is 2. The maximum atomic E-state index is 6.33. The Morgan fingerprint density at radius 1 is 0.750 bits per heavy atom. The second-order valence-corrected chi connectivity index (χ2v) is 6.65. The van der Waals surface area contributed by atoms with Gasteiger partial charge in [0.25, 0.3) is 0 Å². The minimum atomic E-state index is -0.342. The first-order valence-electron chi connectivity index (χ1n) is 7.24. The van der Waals surface area contributed by atoms with Crippen LogP contribution in [0.5, 0.6) is 0 Å². The molecule has 0 radical (unpaired) electrons. The van der Waals surface area contributed by atoms with Crippen molar-refractivity contribution >= 4 is 0 Å². The summed E-state index contributed by atoms with van der Waals surface area (Å²) in [6.45, 7) is 0. The summed E-state index contributed by atoms with van der Waals surface area (Å²) in [6, 6.07) is 0. The van der Waals surface area contributed by atoms with Gasteiger partial charge in [-0.05, 0) is 55.8 Å². The number of rotatable bonds is 0. The van der Waals surface area contributed by atoms with Gasteiger partial charge in [0.2, 0.25) is 0 Å². The molecule has 4 N–H and O–H groups in total. The second kappa shape index (κ2) is 3.99. The van der Waals surface area contributed by atoms with Gasteiger partial charge in [0, 0.05) is 0 Å². The van der Waals surface area contributed by atoms with Crippen molar-refractivity contribution in [1.82, 2.24) is 0 Å². The molecule has 16 heavy (non-hydrogen) atoms. The molecule has 4 unspecified atom stereocenters. The lowest BCUT2D eigenvalue weighted by atomic mass is 9.57. The summed E-state index contributed by atoms with van der Waals surface area (Å²) in [5.74, 6) is 3.45. The normalized spacial score (nSPS) is 46.9. The van der Waals surface area contributed by atoms with Gasteiger partial charge < -0.3 is 11.5 Å². The number of nitrogens with two attached hydrogens (primary N) is 2. The summed E-state index contributed by atoms with van der Waals surface area (Å²) in [6.07, 6.45) is 12.3. The van der Waals surface area contributed by atoms with E-state index >= 15 is 0 Å². The van der Waals surface area contributed by atoms with Gasteiger partial charge in [-0.15, -0.1) is 0 Å². The first-order valence-corrected chi connectivity index (χ1v) is 7.24. The molecule has 0 spiro atoms. The van der Waals surface area contributed by atoms with Gasteiger partial charge in [0.1, 0.15) is 0 Å². The fraction of sp³-hybridized carbons (Fsp3) is 1.00. The highest BCUT2D eigenvalue weighted by Gasteiger charge is 2.46. The van der Waals surface area contributed by atoms with Gasteiger partial charge in [-0.25, -0.2) is 0 Å². The third-order valence-electron chi connectivity index (χ3n) is 5.67. The lowest BCUT2D eigenvalue weighted by molar-refractivity contribution is 0.00538. The zero-order valence-corrected chi connectivity index (χ0v) is 10.3. The molecule has 4 atom stereocenters. The average molecular weight is 222 g/mol. The molecule has 0 aromatic heterocycles. The van der Waals surface area contributed by atoms with Crippen LogP contribution < -0.4 is 11.5 Å². The average Bonchev–Trinajstić information content (AvgIpc) is 2.27. The Labute approximate surface area is 99.1 Å². The van der Waals surface area contributed by atoms with E-state index in [4.69, 9.17) is 11.5 Å². The molecule has 2 nitrogen and oxygen atoms in total. The van der Waals surface area contributed by atoms with E-state index in [0.29, 0.717) is 5.92 Å². The summed E-state index contributed by atoms with van der Waals surface area (Å²) < 4.78 is 0. The third-order valence-corrected chi connectivity index (χ3v) is 5.67. The molecule has 0 heterocycles. The second-order valence-electron chi connectivity index (χ2n) is 6.65. The van der Waals surface area contributed by atoms with Gasteiger partial charge in [-0.3, -0.25) is 0 Å². The maximum absolute atomic E-state index is 6.33. The quantitative estimate of drug-likeness (QED) is 0.619. The first-order chi connectivity index (χ1) is 7.67. The lowest BCUT2D eigenvalue weighted by Crippen LogP contribution is -2.61. The topological polar surface area (TPSA) is 52.0 Å². The molecule has 3 aliphatic carbocycles. The van der Waals surface area contributed by atoms with Gasteiger partial charge in [-0.2, -0.15) is 0 Å². The van der Waals surface area contributed by atoms with Crippen molar-refractivity contribution < 1.29 is 0 Å². The molecular formula is C14H26N2. The van der Waals surface area contributed by atoms with E-state index in [1.165, 1.54) is 51.4 Å². The van der Waals surface area contributed by atoms with Gasteiger partial charge in [0.15, 0.2) is 0 Å². The molecule has 3 fully saturated rings. The SMILES string of the molecule is NC1(N)CCCC2CC3CCCCC3CC21. The summed E-state index contributed by atoms with van der Waals surface area (Å²) in [5, 5.41) is 0. The van der Waals surface area contributed by atoms with Crippen LogP contribution in [0.3, 0.4) is 0 Å². The monoisotopic (exact) mass is 222 g/mol. The number of fused-ring (bicyclic) bond motifs is 2. The van der Waals surface area contributed by atoms with Crippen LogP contribution in [0.1, 0.15) is 57.8 Å². The van der Waals surface area contributed by atoms with Gasteiger partial charge in [0.05, 0.1) is 5.66 Å². The van der Waals surface area contributed by atoms with Crippen LogP contribution in [0.15, 0.2) is 0 Å². The minimum Gasteiger partial charge on any atom is -0.313 e. The lowest BCUT2D eigenvalue weighted by Gasteiger charge is -2.52. The van der Waals surface area contributed by atoms with Crippen LogP contribution in [0.25, 0.3) is 0 Å². The minimum absolute atomic E-state index is 0.342. The molecule has 0 aromatic rings. The smallest absolute Gasteiger partial charge is 0.0668 e. The molecule has 3 aliphatic rings. The van der Waals surface area contributed by atoms with Crippen molar-refractivity contribution in [2.24, 2.45) is 35.1 Å². The molecule has 0 amide bonds. The molecule has 0 aliphatic heterocycles. The summed E-state index contributed by atoms with van der Waals surface area (Å²) >= 11 is 0. The van der Waals surface area contributed by atoms with Crippen molar-refractivity contribution in [3.8, 4) is 0 Å². The molecule has 0 saturated heterocycles. The Morgan fingerprint density at radius 3 is 2.12 bits per heavy atom. The summed E-state index contributed by atoms with van der Waals surface area (Å²) in [7, 11) is 0. The Hall–Kier alpha value is -0.0800. The van der Waals surface area contributed by atoms with Crippen LogP contribution in [-0.2, 0) is 0 Å². The molecule has 2 heteroatoms. The van der Waals surface area contributed by atoms with E-state index in [1.54, 1.807) is 0 Å². The van der Waals surface area contributed by atoms with E-state index in [0.717, 1.165) is 24.2 Å². The predicted molar refractivity (Wildman–Crippen MR) is 66.6 cm³/mol. The van der Waals surface area contributed by atoms with Crippen LogP contribution >= 0.6 is 0 Å². The fourth-order valence-electron chi connectivity index (χ4n) is 4.81. The molecule has 0 bridgehead atoms. The Balaban J connectivity index is 1.76.